The van der Waals surface area contributed by atoms with Gasteiger partial charge in [0.25, 0.3) is 0 Å². The van der Waals surface area contributed by atoms with Crippen LogP contribution in [0.3, 0.4) is 0 Å². The van der Waals surface area contributed by atoms with Crippen molar-refractivity contribution in [2.75, 3.05) is 13.7 Å². The Hall–Kier alpha value is -1.55. The molecule has 1 aromatic carbocycles. The average Bonchev–Trinajstić information content (AvgIpc) is 2.31. The zero-order valence-corrected chi connectivity index (χ0v) is 10.4. The molecule has 92 valence electrons. The lowest BCUT2D eigenvalue weighted by molar-refractivity contribution is -0.142. The molecule has 0 spiro atoms. The third-order valence-corrected chi connectivity index (χ3v) is 2.40. The third kappa shape index (κ3) is 3.46. The Kier molecular flexibility index (Phi) is 4.97. The second-order valence-corrected chi connectivity index (χ2v) is 3.71. The average molecular weight is 257 g/mol. The van der Waals surface area contributed by atoms with Crippen LogP contribution in [0.5, 0.6) is 5.75 Å². The fourth-order valence-electron chi connectivity index (χ4n) is 1.46. The molecule has 0 aliphatic rings. The minimum atomic E-state index is -0.406. The summed E-state index contributed by atoms with van der Waals surface area (Å²) in [6.07, 6.45) is 0.630. The first-order valence-corrected chi connectivity index (χ1v) is 5.47. The van der Waals surface area contributed by atoms with Crippen molar-refractivity contribution in [3.8, 4) is 5.75 Å². The summed E-state index contributed by atoms with van der Waals surface area (Å²) in [7, 11) is 1.45. The van der Waals surface area contributed by atoms with E-state index in [2.05, 4.69) is 0 Å². The molecule has 0 amide bonds. The highest BCUT2D eigenvalue weighted by Gasteiger charge is 2.15. The molecule has 0 fully saturated rings. The highest BCUT2D eigenvalue weighted by Crippen LogP contribution is 2.27. The molecule has 0 radical (unpaired) electrons. The van der Waals surface area contributed by atoms with Crippen molar-refractivity contribution in [2.24, 2.45) is 0 Å². The molecule has 0 aliphatic heterocycles. The van der Waals surface area contributed by atoms with Crippen molar-refractivity contribution >= 4 is 23.9 Å². The zero-order chi connectivity index (χ0) is 12.8. The molecule has 4 nitrogen and oxygen atoms in total. The van der Waals surface area contributed by atoms with Crippen LogP contribution in [0.4, 0.5) is 0 Å². The van der Waals surface area contributed by atoms with E-state index in [9.17, 15) is 9.59 Å². The molecular formula is C12H13ClO4. The molecule has 0 heterocycles. The number of rotatable bonds is 5. The number of carbonyl (C=O) groups excluding carboxylic acids is 2. The molecular weight excluding hydrogens is 244 g/mol. The van der Waals surface area contributed by atoms with E-state index in [1.54, 1.807) is 13.0 Å². The largest absolute Gasteiger partial charge is 0.496 e. The van der Waals surface area contributed by atoms with Crippen molar-refractivity contribution in [1.82, 2.24) is 0 Å². The molecule has 5 heteroatoms. The highest BCUT2D eigenvalue weighted by atomic mass is 35.5. The molecule has 0 aliphatic carbocycles. The van der Waals surface area contributed by atoms with Gasteiger partial charge in [-0.1, -0.05) is 11.6 Å². The molecule has 1 rings (SSSR count). The Morgan fingerprint density at radius 2 is 2.18 bits per heavy atom. The zero-order valence-electron chi connectivity index (χ0n) is 9.66. The van der Waals surface area contributed by atoms with Crippen molar-refractivity contribution < 1.29 is 19.1 Å². The van der Waals surface area contributed by atoms with Gasteiger partial charge in [-0.25, -0.2) is 0 Å². The van der Waals surface area contributed by atoms with Crippen molar-refractivity contribution in [2.45, 2.75) is 13.3 Å². The number of benzene rings is 1. The summed E-state index contributed by atoms with van der Waals surface area (Å²) in [5.74, 6) is 0.00359. The number of hydrogen-bond acceptors (Lipinski definition) is 4. The number of aldehydes is 1. The number of halogens is 1. The van der Waals surface area contributed by atoms with Gasteiger partial charge in [-0.05, 0) is 19.1 Å². The van der Waals surface area contributed by atoms with Gasteiger partial charge in [0, 0.05) is 16.1 Å². The van der Waals surface area contributed by atoms with E-state index < -0.39 is 5.97 Å². The maximum atomic E-state index is 11.4. The van der Waals surface area contributed by atoms with Crippen LogP contribution in [0, 0.1) is 0 Å². The molecule has 0 N–H and O–H groups in total. The predicted octanol–water partition coefficient (Wildman–Crippen LogP) is 2.27. The van der Waals surface area contributed by atoms with Crippen LogP contribution in [0.1, 0.15) is 22.8 Å². The van der Waals surface area contributed by atoms with E-state index in [4.69, 9.17) is 21.1 Å². The quantitative estimate of drug-likeness (QED) is 0.599. The molecule has 0 atom stereocenters. The lowest BCUT2D eigenvalue weighted by atomic mass is 10.0. The van der Waals surface area contributed by atoms with Gasteiger partial charge in [0.05, 0.1) is 20.1 Å². The molecule has 17 heavy (non-hydrogen) atoms. The Morgan fingerprint density at radius 1 is 1.47 bits per heavy atom. The lowest BCUT2D eigenvalue weighted by Crippen LogP contribution is -2.10. The van der Waals surface area contributed by atoms with Crippen LogP contribution in [0.15, 0.2) is 12.1 Å². The van der Waals surface area contributed by atoms with Gasteiger partial charge >= 0.3 is 5.97 Å². The van der Waals surface area contributed by atoms with E-state index in [0.717, 1.165) is 0 Å². The maximum Gasteiger partial charge on any atom is 0.310 e. The van der Waals surface area contributed by atoms with Gasteiger partial charge in [-0.15, -0.1) is 0 Å². The van der Waals surface area contributed by atoms with Crippen molar-refractivity contribution in [1.29, 1.82) is 0 Å². The minimum absolute atomic E-state index is 0.0117. The molecule has 0 saturated carbocycles. The summed E-state index contributed by atoms with van der Waals surface area (Å²) in [5, 5.41) is 0.386. The summed E-state index contributed by atoms with van der Waals surface area (Å²) in [5.41, 5.74) is 0.827. The Balaban J connectivity index is 3.10. The van der Waals surface area contributed by atoms with Crippen molar-refractivity contribution in [3.63, 3.8) is 0 Å². The van der Waals surface area contributed by atoms with Gasteiger partial charge in [-0.2, -0.15) is 0 Å². The second kappa shape index (κ2) is 6.25. The fourth-order valence-corrected chi connectivity index (χ4v) is 1.68. The number of methoxy groups -OCH3 is 1. The smallest absolute Gasteiger partial charge is 0.310 e. The van der Waals surface area contributed by atoms with Crippen LogP contribution in [-0.4, -0.2) is 26.0 Å². The molecule has 0 saturated heterocycles. The highest BCUT2D eigenvalue weighted by molar-refractivity contribution is 6.31. The maximum absolute atomic E-state index is 11.4. The van der Waals surface area contributed by atoms with E-state index in [1.807, 2.05) is 0 Å². The van der Waals surface area contributed by atoms with Gasteiger partial charge in [0.1, 0.15) is 5.75 Å². The summed E-state index contributed by atoms with van der Waals surface area (Å²) in [4.78, 5) is 22.3. The second-order valence-electron chi connectivity index (χ2n) is 3.28. The van der Waals surface area contributed by atoms with E-state index in [1.165, 1.54) is 13.2 Å². The topological polar surface area (TPSA) is 52.6 Å². The molecule has 0 bridgehead atoms. The van der Waals surface area contributed by atoms with Gasteiger partial charge in [0.2, 0.25) is 0 Å². The minimum Gasteiger partial charge on any atom is -0.496 e. The van der Waals surface area contributed by atoms with Crippen LogP contribution in [0.25, 0.3) is 0 Å². The summed E-state index contributed by atoms with van der Waals surface area (Å²) in [6.45, 7) is 2.02. The van der Waals surface area contributed by atoms with E-state index >= 15 is 0 Å². The SMILES string of the molecule is CCOC(=O)Cc1c(C=O)cc(Cl)cc1OC. The Morgan fingerprint density at radius 3 is 2.71 bits per heavy atom. The summed E-state index contributed by atoms with van der Waals surface area (Å²) >= 11 is 5.82. The number of esters is 1. The van der Waals surface area contributed by atoms with Gasteiger partial charge in [0.15, 0.2) is 6.29 Å². The van der Waals surface area contributed by atoms with Crippen LogP contribution >= 0.6 is 11.6 Å². The van der Waals surface area contributed by atoms with Crippen LogP contribution < -0.4 is 4.74 Å². The Labute approximate surface area is 104 Å². The monoisotopic (exact) mass is 256 g/mol. The normalized spacial score (nSPS) is 9.82. The van der Waals surface area contributed by atoms with E-state index in [-0.39, 0.29) is 6.42 Å². The van der Waals surface area contributed by atoms with Gasteiger partial charge < -0.3 is 9.47 Å². The number of hydrogen-bond donors (Lipinski definition) is 0. The first-order chi connectivity index (χ1) is 8.12. The lowest BCUT2D eigenvalue weighted by Gasteiger charge is -2.11. The molecule has 1 aromatic rings. The van der Waals surface area contributed by atoms with Crippen LogP contribution in [0.2, 0.25) is 5.02 Å². The van der Waals surface area contributed by atoms with Gasteiger partial charge in [-0.3, -0.25) is 9.59 Å². The number of ether oxygens (including phenoxy) is 2. The van der Waals surface area contributed by atoms with Crippen LogP contribution in [-0.2, 0) is 16.0 Å². The first kappa shape index (κ1) is 13.5. The third-order valence-electron chi connectivity index (χ3n) is 2.18. The summed E-state index contributed by atoms with van der Waals surface area (Å²) in [6, 6.07) is 3.05. The fraction of sp³-hybridized carbons (Fsp3) is 0.333. The first-order valence-electron chi connectivity index (χ1n) is 5.09. The standard InChI is InChI=1S/C12H13ClO4/c1-3-17-12(15)6-10-8(7-14)4-9(13)5-11(10)16-2/h4-5,7H,3,6H2,1-2H3. The molecule has 0 unspecified atom stereocenters. The van der Waals surface area contributed by atoms with E-state index in [0.29, 0.717) is 34.8 Å². The predicted molar refractivity (Wildman–Crippen MR) is 63.7 cm³/mol. The molecule has 0 aromatic heterocycles. The van der Waals surface area contributed by atoms with Crippen molar-refractivity contribution in [3.05, 3.63) is 28.3 Å². The summed E-state index contributed by atoms with van der Waals surface area (Å²) < 4.78 is 9.93. The Bertz CT molecular complexity index is 429. The number of carbonyl (C=O) groups is 2.